The predicted octanol–water partition coefficient (Wildman–Crippen LogP) is 4.70. The van der Waals surface area contributed by atoms with Crippen LogP contribution in [0.5, 0.6) is 5.75 Å². The van der Waals surface area contributed by atoms with E-state index in [4.69, 9.17) is 21.1 Å². The van der Waals surface area contributed by atoms with Crippen LogP contribution in [-0.4, -0.2) is 26.2 Å². The second kappa shape index (κ2) is 9.62. The average Bonchev–Trinajstić information content (AvgIpc) is 2.63. The number of hydrogen-bond donors (Lipinski definition) is 1. The lowest BCUT2D eigenvalue weighted by Gasteiger charge is -2.12. The van der Waals surface area contributed by atoms with E-state index in [-0.39, 0.29) is 23.3 Å². The van der Waals surface area contributed by atoms with Crippen LogP contribution < -0.4 is 10.1 Å². The fourth-order valence-electron chi connectivity index (χ4n) is 2.28. The highest BCUT2D eigenvalue weighted by Crippen LogP contribution is 2.34. The maximum absolute atomic E-state index is 12.7. The van der Waals surface area contributed by atoms with Crippen LogP contribution in [0, 0.1) is 0 Å². The average molecular weight is 402 g/mol. The maximum atomic E-state index is 12.7. The molecular weight excluding hydrogens is 383 g/mol. The molecule has 0 aliphatic carbocycles. The van der Waals surface area contributed by atoms with E-state index in [1.165, 1.54) is 6.07 Å². The SMILES string of the molecule is COCCCNC(=O)c1cccc(COc2ccc(C(F)(F)F)cc2Cl)c1. The zero-order valence-corrected chi connectivity index (χ0v) is 15.4. The van der Waals surface area contributed by atoms with E-state index in [9.17, 15) is 18.0 Å². The highest BCUT2D eigenvalue weighted by atomic mass is 35.5. The van der Waals surface area contributed by atoms with Gasteiger partial charge in [-0.1, -0.05) is 23.7 Å². The number of halogens is 4. The summed E-state index contributed by atoms with van der Waals surface area (Å²) in [5, 5.41) is 2.65. The molecule has 1 N–H and O–H groups in total. The van der Waals surface area contributed by atoms with E-state index in [0.29, 0.717) is 30.7 Å². The lowest BCUT2D eigenvalue weighted by Crippen LogP contribution is -2.25. The number of alkyl halides is 3. The van der Waals surface area contributed by atoms with Gasteiger partial charge in [-0.25, -0.2) is 0 Å². The third-order valence-electron chi connectivity index (χ3n) is 3.65. The summed E-state index contributed by atoms with van der Waals surface area (Å²) in [7, 11) is 1.59. The van der Waals surface area contributed by atoms with Gasteiger partial charge < -0.3 is 14.8 Å². The van der Waals surface area contributed by atoms with Gasteiger partial charge >= 0.3 is 6.18 Å². The molecule has 0 unspecified atom stereocenters. The second-order valence-electron chi connectivity index (χ2n) is 5.73. The number of carbonyl (C=O) groups excluding carboxylic acids is 1. The van der Waals surface area contributed by atoms with Gasteiger partial charge in [0, 0.05) is 25.8 Å². The molecule has 4 nitrogen and oxygen atoms in total. The van der Waals surface area contributed by atoms with Crippen LogP contribution in [0.1, 0.15) is 27.9 Å². The maximum Gasteiger partial charge on any atom is 0.416 e. The van der Waals surface area contributed by atoms with Crippen molar-refractivity contribution in [3.63, 3.8) is 0 Å². The molecule has 2 aromatic carbocycles. The summed E-state index contributed by atoms with van der Waals surface area (Å²) in [6.07, 6.45) is -3.76. The standard InChI is InChI=1S/C19H19ClF3NO3/c1-26-9-3-8-24-18(25)14-5-2-4-13(10-14)12-27-17-7-6-15(11-16(17)20)19(21,22)23/h2,4-7,10-11H,3,8-9,12H2,1H3,(H,24,25). The Balaban J connectivity index is 1.97. The van der Waals surface area contributed by atoms with Gasteiger partial charge in [-0.3, -0.25) is 4.79 Å². The fourth-order valence-corrected chi connectivity index (χ4v) is 2.51. The van der Waals surface area contributed by atoms with Crippen LogP contribution in [-0.2, 0) is 17.5 Å². The number of benzene rings is 2. The van der Waals surface area contributed by atoms with Crippen LogP contribution in [0.15, 0.2) is 42.5 Å². The molecule has 8 heteroatoms. The molecule has 0 atom stereocenters. The van der Waals surface area contributed by atoms with Crippen molar-refractivity contribution in [3.8, 4) is 5.75 Å². The molecule has 2 aromatic rings. The number of rotatable bonds is 8. The van der Waals surface area contributed by atoms with Gasteiger partial charge in [0.15, 0.2) is 0 Å². The highest BCUT2D eigenvalue weighted by Gasteiger charge is 2.31. The van der Waals surface area contributed by atoms with E-state index in [2.05, 4.69) is 5.32 Å². The molecule has 0 aliphatic rings. The Morgan fingerprint density at radius 1 is 1.19 bits per heavy atom. The van der Waals surface area contributed by atoms with Gasteiger partial charge in [0.25, 0.3) is 5.91 Å². The molecule has 0 heterocycles. The minimum absolute atomic E-state index is 0.0654. The topological polar surface area (TPSA) is 47.6 Å². The van der Waals surface area contributed by atoms with Gasteiger partial charge in [-0.05, 0) is 42.3 Å². The summed E-state index contributed by atoms with van der Waals surface area (Å²) in [6, 6.07) is 9.68. The van der Waals surface area contributed by atoms with E-state index >= 15 is 0 Å². The monoisotopic (exact) mass is 401 g/mol. The number of carbonyl (C=O) groups is 1. The normalized spacial score (nSPS) is 11.3. The summed E-state index contributed by atoms with van der Waals surface area (Å²) < 4.78 is 48.4. The fraction of sp³-hybridized carbons (Fsp3) is 0.316. The van der Waals surface area contributed by atoms with Crippen molar-refractivity contribution in [3.05, 3.63) is 64.2 Å². The molecule has 2 rings (SSSR count). The van der Waals surface area contributed by atoms with Crippen LogP contribution in [0.3, 0.4) is 0 Å². The van der Waals surface area contributed by atoms with Gasteiger partial charge in [0.05, 0.1) is 10.6 Å². The minimum Gasteiger partial charge on any atom is -0.487 e. The number of amides is 1. The first kappa shape index (κ1) is 21.1. The molecule has 0 saturated carbocycles. The lowest BCUT2D eigenvalue weighted by molar-refractivity contribution is -0.137. The summed E-state index contributed by atoms with van der Waals surface area (Å²) in [5.41, 5.74) is 0.314. The minimum atomic E-state index is -4.47. The van der Waals surface area contributed by atoms with Crippen molar-refractivity contribution in [1.29, 1.82) is 0 Å². The molecule has 0 fully saturated rings. The van der Waals surface area contributed by atoms with Crippen molar-refractivity contribution in [1.82, 2.24) is 5.32 Å². The molecule has 0 bridgehead atoms. The lowest BCUT2D eigenvalue weighted by atomic mass is 10.1. The molecule has 0 radical (unpaired) electrons. The molecule has 27 heavy (non-hydrogen) atoms. The van der Waals surface area contributed by atoms with Crippen molar-refractivity contribution in [2.45, 2.75) is 19.2 Å². The molecule has 0 aromatic heterocycles. The molecule has 0 aliphatic heterocycles. The van der Waals surface area contributed by atoms with E-state index in [1.54, 1.807) is 31.4 Å². The van der Waals surface area contributed by atoms with Crippen molar-refractivity contribution < 1.29 is 27.4 Å². The number of methoxy groups -OCH3 is 1. The summed E-state index contributed by atoms with van der Waals surface area (Å²) in [4.78, 5) is 12.1. The van der Waals surface area contributed by atoms with Gasteiger partial charge in [-0.15, -0.1) is 0 Å². The quantitative estimate of drug-likeness (QED) is 0.652. The largest absolute Gasteiger partial charge is 0.487 e. The third-order valence-corrected chi connectivity index (χ3v) is 3.95. The second-order valence-corrected chi connectivity index (χ2v) is 6.14. The van der Waals surface area contributed by atoms with Crippen LogP contribution in [0.2, 0.25) is 5.02 Å². The Hall–Kier alpha value is -2.25. The number of ether oxygens (including phenoxy) is 2. The number of hydrogen-bond acceptors (Lipinski definition) is 3. The van der Waals surface area contributed by atoms with Crippen molar-refractivity contribution in [2.24, 2.45) is 0 Å². The van der Waals surface area contributed by atoms with Crippen molar-refractivity contribution >= 4 is 17.5 Å². The number of nitrogens with one attached hydrogen (secondary N) is 1. The van der Waals surface area contributed by atoms with Crippen LogP contribution >= 0.6 is 11.6 Å². The first-order valence-corrected chi connectivity index (χ1v) is 8.54. The van der Waals surface area contributed by atoms with E-state index in [1.807, 2.05) is 0 Å². The summed E-state index contributed by atoms with van der Waals surface area (Å²) >= 11 is 5.87. The Labute approximate surface area is 160 Å². The molecular formula is C19H19ClF3NO3. The Kier molecular flexibility index (Phi) is 7.50. The van der Waals surface area contributed by atoms with E-state index < -0.39 is 11.7 Å². The van der Waals surface area contributed by atoms with Crippen LogP contribution in [0.4, 0.5) is 13.2 Å². The Bertz CT molecular complexity index is 781. The molecule has 0 spiro atoms. The van der Waals surface area contributed by atoms with Gasteiger partial charge in [0.1, 0.15) is 12.4 Å². The van der Waals surface area contributed by atoms with Gasteiger partial charge in [0.2, 0.25) is 0 Å². The smallest absolute Gasteiger partial charge is 0.416 e. The first-order chi connectivity index (χ1) is 12.8. The predicted molar refractivity (Wildman–Crippen MR) is 96.1 cm³/mol. The van der Waals surface area contributed by atoms with Gasteiger partial charge in [-0.2, -0.15) is 13.2 Å². The summed E-state index contributed by atoms with van der Waals surface area (Å²) in [5.74, 6) is -0.0837. The molecule has 146 valence electrons. The summed E-state index contributed by atoms with van der Waals surface area (Å²) in [6.45, 7) is 1.12. The van der Waals surface area contributed by atoms with E-state index in [0.717, 1.165) is 12.1 Å². The first-order valence-electron chi connectivity index (χ1n) is 8.17. The Morgan fingerprint density at radius 3 is 2.63 bits per heavy atom. The third kappa shape index (κ3) is 6.45. The van der Waals surface area contributed by atoms with Crippen LogP contribution in [0.25, 0.3) is 0 Å². The highest BCUT2D eigenvalue weighted by molar-refractivity contribution is 6.32. The Morgan fingerprint density at radius 2 is 1.96 bits per heavy atom. The molecule has 0 saturated heterocycles. The zero-order chi connectivity index (χ0) is 19.9. The zero-order valence-electron chi connectivity index (χ0n) is 14.6. The van der Waals surface area contributed by atoms with Crippen molar-refractivity contribution in [2.75, 3.05) is 20.3 Å². The molecule has 1 amide bonds.